The molecule has 0 heterocycles. The summed E-state index contributed by atoms with van der Waals surface area (Å²) in [5, 5.41) is 30.9. The highest BCUT2D eigenvalue weighted by Gasteiger charge is 2.64. The Kier molecular flexibility index (Phi) is 6.22. The van der Waals surface area contributed by atoms with Crippen molar-refractivity contribution in [1.29, 1.82) is 0 Å². The minimum Gasteiger partial charge on any atom is -0.480 e. The molecule has 0 aliphatic heterocycles. The van der Waals surface area contributed by atoms with Gasteiger partial charge in [0.05, 0.1) is 18.3 Å². The number of allylic oxidation sites excluding steroid dienone is 2. The van der Waals surface area contributed by atoms with Gasteiger partial charge >= 0.3 is 5.97 Å². The normalized spacial score (nSPS) is 45.0. The van der Waals surface area contributed by atoms with E-state index in [4.69, 9.17) is 10.5 Å². The monoisotopic (exact) mass is 423 g/mol. The molecule has 0 aromatic rings. The molecule has 3 aliphatic carbocycles. The van der Waals surface area contributed by atoms with Crippen LogP contribution in [-0.2, 0) is 9.53 Å². The van der Waals surface area contributed by atoms with E-state index in [0.29, 0.717) is 24.7 Å². The molecule has 0 bridgehead atoms. The second kappa shape index (κ2) is 7.88. The SMILES string of the molecule is COC(CC1C(C)=CCC2C1(C)CCC1C(C)(C)C(O)C(O)CC12C)C(N)C(=O)O. The van der Waals surface area contributed by atoms with Gasteiger partial charge in [0.15, 0.2) is 0 Å². The lowest BCUT2D eigenvalue weighted by molar-refractivity contribution is -0.218. The van der Waals surface area contributed by atoms with Crippen molar-refractivity contribution in [1.82, 2.24) is 0 Å². The number of fused-ring (bicyclic) bond motifs is 3. The summed E-state index contributed by atoms with van der Waals surface area (Å²) in [7, 11) is 1.54. The third-order valence-corrected chi connectivity index (χ3v) is 9.51. The molecule has 9 unspecified atom stereocenters. The molecule has 2 saturated carbocycles. The van der Waals surface area contributed by atoms with Gasteiger partial charge in [0.2, 0.25) is 0 Å². The van der Waals surface area contributed by atoms with Crippen molar-refractivity contribution in [3.63, 3.8) is 0 Å². The third-order valence-electron chi connectivity index (χ3n) is 9.51. The highest BCUT2D eigenvalue weighted by molar-refractivity contribution is 5.73. The zero-order valence-corrected chi connectivity index (χ0v) is 19.4. The first-order valence-electron chi connectivity index (χ1n) is 11.3. The van der Waals surface area contributed by atoms with Crippen molar-refractivity contribution in [2.75, 3.05) is 7.11 Å². The number of aliphatic carboxylic acids is 1. The maximum Gasteiger partial charge on any atom is 0.323 e. The quantitative estimate of drug-likeness (QED) is 0.506. The smallest absolute Gasteiger partial charge is 0.323 e. The first-order valence-corrected chi connectivity index (χ1v) is 11.3. The van der Waals surface area contributed by atoms with Crippen LogP contribution < -0.4 is 5.73 Å². The number of nitrogens with two attached hydrogens (primary N) is 1. The van der Waals surface area contributed by atoms with Gasteiger partial charge in [0.1, 0.15) is 6.04 Å². The van der Waals surface area contributed by atoms with Gasteiger partial charge < -0.3 is 25.8 Å². The van der Waals surface area contributed by atoms with Crippen LogP contribution in [0.15, 0.2) is 11.6 Å². The van der Waals surface area contributed by atoms with E-state index in [1.54, 1.807) is 0 Å². The molecule has 172 valence electrons. The predicted molar refractivity (Wildman–Crippen MR) is 116 cm³/mol. The molecule has 0 radical (unpaired) electrons. The molecule has 0 aromatic heterocycles. The second-order valence-corrected chi connectivity index (χ2v) is 11.3. The summed E-state index contributed by atoms with van der Waals surface area (Å²) < 4.78 is 5.54. The minimum absolute atomic E-state index is 0.0306. The largest absolute Gasteiger partial charge is 0.480 e. The van der Waals surface area contributed by atoms with Crippen LogP contribution in [0.1, 0.15) is 66.7 Å². The van der Waals surface area contributed by atoms with Crippen molar-refractivity contribution in [3.8, 4) is 0 Å². The number of carboxylic acids is 1. The van der Waals surface area contributed by atoms with Crippen LogP contribution in [0.25, 0.3) is 0 Å². The molecule has 3 aliphatic rings. The highest BCUT2D eigenvalue weighted by Crippen LogP contribution is 2.68. The Morgan fingerprint density at radius 3 is 2.43 bits per heavy atom. The molecule has 0 aromatic carbocycles. The van der Waals surface area contributed by atoms with E-state index in [9.17, 15) is 20.1 Å². The van der Waals surface area contributed by atoms with E-state index in [1.165, 1.54) is 12.7 Å². The number of methoxy groups -OCH3 is 1. The van der Waals surface area contributed by atoms with Crippen molar-refractivity contribution < 1.29 is 24.9 Å². The number of aliphatic hydroxyl groups excluding tert-OH is 2. The van der Waals surface area contributed by atoms with Gasteiger partial charge in [-0.2, -0.15) is 0 Å². The van der Waals surface area contributed by atoms with Crippen LogP contribution in [0.2, 0.25) is 0 Å². The predicted octanol–water partition coefficient (Wildman–Crippen LogP) is 2.96. The lowest BCUT2D eigenvalue weighted by atomic mass is 9.39. The molecular formula is C24H41NO5. The Bertz CT molecular complexity index is 706. The first kappa shape index (κ1) is 23.7. The number of carbonyl (C=O) groups is 1. The van der Waals surface area contributed by atoms with Crippen LogP contribution >= 0.6 is 0 Å². The van der Waals surface area contributed by atoms with E-state index in [0.717, 1.165) is 19.3 Å². The fraction of sp³-hybridized carbons (Fsp3) is 0.875. The molecule has 0 spiro atoms. The summed E-state index contributed by atoms with van der Waals surface area (Å²) in [6.45, 7) is 11.0. The van der Waals surface area contributed by atoms with Gasteiger partial charge in [-0.25, -0.2) is 0 Å². The Morgan fingerprint density at radius 2 is 1.87 bits per heavy atom. The summed E-state index contributed by atoms with van der Waals surface area (Å²) >= 11 is 0. The molecule has 2 fully saturated rings. The summed E-state index contributed by atoms with van der Waals surface area (Å²) in [5.74, 6) is -0.190. The molecule has 6 nitrogen and oxygen atoms in total. The average molecular weight is 424 g/mol. The van der Waals surface area contributed by atoms with Gasteiger partial charge in [-0.3, -0.25) is 4.79 Å². The zero-order chi connectivity index (χ0) is 22.6. The van der Waals surface area contributed by atoms with E-state index in [-0.39, 0.29) is 22.2 Å². The molecule has 0 saturated heterocycles. The summed E-state index contributed by atoms with van der Waals surface area (Å²) in [4.78, 5) is 11.5. The van der Waals surface area contributed by atoms with E-state index in [2.05, 4.69) is 40.7 Å². The number of ether oxygens (including phenoxy) is 1. The van der Waals surface area contributed by atoms with E-state index < -0.39 is 30.3 Å². The maximum absolute atomic E-state index is 11.5. The summed E-state index contributed by atoms with van der Waals surface area (Å²) in [6, 6.07) is -1.05. The van der Waals surface area contributed by atoms with Gasteiger partial charge in [-0.05, 0) is 73.0 Å². The van der Waals surface area contributed by atoms with Crippen LogP contribution in [-0.4, -0.2) is 52.8 Å². The van der Waals surface area contributed by atoms with Crippen molar-refractivity contribution in [2.45, 2.75) is 91.1 Å². The van der Waals surface area contributed by atoms with Gasteiger partial charge in [0.25, 0.3) is 0 Å². The molecule has 5 N–H and O–H groups in total. The zero-order valence-electron chi connectivity index (χ0n) is 19.4. The van der Waals surface area contributed by atoms with Gasteiger partial charge in [-0.15, -0.1) is 0 Å². The Morgan fingerprint density at radius 1 is 1.23 bits per heavy atom. The van der Waals surface area contributed by atoms with E-state index >= 15 is 0 Å². The summed E-state index contributed by atoms with van der Waals surface area (Å²) in [5.41, 5.74) is 6.75. The van der Waals surface area contributed by atoms with Crippen LogP contribution in [0.3, 0.4) is 0 Å². The molecular weight excluding hydrogens is 382 g/mol. The van der Waals surface area contributed by atoms with Crippen molar-refractivity contribution in [2.24, 2.45) is 39.7 Å². The third kappa shape index (κ3) is 3.44. The highest BCUT2D eigenvalue weighted by atomic mass is 16.5. The fourth-order valence-electron chi connectivity index (χ4n) is 7.88. The van der Waals surface area contributed by atoms with Crippen LogP contribution in [0.5, 0.6) is 0 Å². The Hall–Kier alpha value is -0.950. The van der Waals surface area contributed by atoms with Gasteiger partial charge in [-0.1, -0.05) is 39.3 Å². The minimum atomic E-state index is -1.05. The molecule has 30 heavy (non-hydrogen) atoms. The first-order chi connectivity index (χ1) is 13.8. The lowest BCUT2D eigenvalue weighted by Crippen LogP contribution is -2.64. The lowest BCUT2D eigenvalue weighted by Gasteiger charge is -2.67. The summed E-state index contributed by atoms with van der Waals surface area (Å²) in [6.07, 6.45) is 4.46. The maximum atomic E-state index is 11.5. The number of hydrogen-bond donors (Lipinski definition) is 4. The van der Waals surface area contributed by atoms with E-state index in [1.807, 2.05) is 0 Å². The average Bonchev–Trinajstić information content (AvgIpc) is 2.65. The molecule has 0 amide bonds. The van der Waals surface area contributed by atoms with Crippen LogP contribution in [0.4, 0.5) is 0 Å². The number of aliphatic hydroxyl groups is 2. The molecule has 9 atom stereocenters. The fourth-order valence-corrected chi connectivity index (χ4v) is 7.88. The van der Waals surface area contributed by atoms with Crippen LogP contribution in [0, 0.1) is 34.0 Å². The molecule has 6 heteroatoms. The second-order valence-electron chi connectivity index (χ2n) is 11.3. The van der Waals surface area contributed by atoms with Gasteiger partial charge in [0, 0.05) is 7.11 Å². The topological polar surface area (TPSA) is 113 Å². The Labute approximate surface area is 180 Å². The van der Waals surface area contributed by atoms with Crippen molar-refractivity contribution >= 4 is 5.97 Å². The number of rotatable bonds is 5. The standard InChI is InChI=1S/C24H41NO5/c1-13-7-8-18-23(4,14(13)11-16(30-6)19(25)21(28)29)10-9-17-22(2,3)20(27)15(26)12-24(17,18)5/h7,14-20,26-27H,8-12,25H2,1-6H3,(H,28,29). The number of carboxylic acid groups (broad SMARTS) is 1. The molecule has 3 rings (SSSR count). The Balaban J connectivity index is 1.98. The number of hydrogen-bond acceptors (Lipinski definition) is 5. The van der Waals surface area contributed by atoms with Crippen molar-refractivity contribution in [3.05, 3.63) is 11.6 Å².